The molecule has 5 aliphatic carbocycles. The van der Waals surface area contributed by atoms with Crippen molar-refractivity contribution < 1.29 is 24.5 Å². The molecule has 5 heteroatoms. The van der Waals surface area contributed by atoms with Crippen molar-refractivity contribution in [3.05, 3.63) is 47.6 Å². The number of phenolic OH excluding ortho intramolecular Hbond substituents is 1. The maximum atomic E-state index is 13.7. The second-order valence-electron chi connectivity index (χ2n) is 17.5. The number of hydrogen-bond donors (Lipinski definition) is 2. The van der Waals surface area contributed by atoms with Crippen LogP contribution in [0.1, 0.15) is 118 Å². The molecule has 5 aliphatic rings. The quantitative estimate of drug-likeness (QED) is 0.204. The first-order chi connectivity index (χ1) is 20.5. The van der Waals surface area contributed by atoms with Crippen molar-refractivity contribution in [2.75, 3.05) is 0 Å². The van der Waals surface area contributed by atoms with Crippen LogP contribution in [0.25, 0.3) is 6.08 Å². The van der Waals surface area contributed by atoms with Crippen molar-refractivity contribution in [1.82, 2.24) is 0 Å². The SMILES string of the molecule is CC1(C)CC[C@]2(C)CC[C@]3(C(=O)O)C(=CC[C@@H]4[C@@]5(C)CC[C@H](OC(=O)/C=C/c6ccc(O)cc6)C(C)(C)[C@@H]5CC[C@]43C)[C@@H]2C1. The Bertz CT molecular complexity index is 1390. The van der Waals surface area contributed by atoms with Crippen LogP contribution in [0.4, 0.5) is 0 Å². The maximum absolute atomic E-state index is 13.7. The highest BCUT2D eigenvalue weighted by Gasteiger charge is 2.71. The molecular weight excluding hydrogens is 548 g/mol. The molecule has 2 N–H and O–H groups in total. The van der Waals surface area contributed by atoms with Gasteiger partial charge < -0.3 is 14.9 Å². The molecule has 0 amide bonds. The summed E-state index contributed by atoms with van der Waals surface area (Å²) in [5.74, 6) is 0.227. The minimum absolute atomic E-state index is 0.0294. The number of carbonyl (C=O) groups excluding carboxylic acids is 1. The lowest BCUT2D eigenvalue weighted by Crippen LogP contribution is -2.67. The summed E-state index contributed by atoms with van der Waals surface area (Å²) in [5.41, 5.74) is 1.19. The van der Waals surface area contributed by atoms with E-state index < -0.39 is 11.4 Å². The van der Waals surface area contributed by atoms with Crippen molar-refractivity contribution in [2.45, 2.75) is 119 Å². The lowest BCUT2D eigenvalue weighted by atomic mass is 9.33. The number of rotatable bonds is 4. The number of carboxylic acid groups (broad SMARTS) is 1. The molecule has 0 radical (unpaired) electrons. The van der Waals surface area contributed by atoms with Crippen LogP contribution in [0, 0.1) is 50.2 Å². The Balaban J connectivity index is 1.29. The number of allylic oxidation sites excluding steroid dienone is 1. The van der Waals surface area contributed by atoms with E-state index >= 15 is 0 Å². The number of hydrogen-bond acceptors (Lipinski definition) is 4. The average Bonchev–Trinajstić information content (AvgIpc) is 2.94. The third-order valence-corrected chi connectivity index (χ3v) is 14.4. The zero-order valence-corrected chi connectivity index (χ0v) is 28.0. The highest BCUT2D eigenvalue weighted by molar-refractivity contribution is 5.87. The predicted octanol–water partition coefficient (Wildman–Crippen LogP) is 9.20. The van der Waals surface area contributed by atoms with Crippen LogP contribution in [-0.2, 0) is 14.3 Å². The first-order valence-corrected chi connectivity index (χ1v) is 17.1. The third-order valence-electron chi connectivity index (χ3n) is 14.4. The van der Waals surface area contributed by atoms with Gasteiger partial charge in [-0.3, -0.25) is 4.79 Å². The van der Waals surface area contributed by atoms with Gasteiger partial charge in [-0.15, -0.1) is 0 Å². The monoisotopic (exact) mass is 602 g/mol. The lowest BCUT2D eigenvalue weighted by Gasteiger charge is -2.70. The third kappa shape index (κ3) is 4.53. The zero-order valence-electron chi connectivity index (χ0n) is 28.0. The molecule has 1 aromatic carbocycles. The normalized spacial score (nSPS) is 42.2. The molecule has 5 nitrogen and oxygen atoms in total. The lowest BCUT2D eigenvalue weighted by molar-refractivity contribution is -0.218. The summed E-state index contributed by atoms with van der Waals surface area (Å²) in [4.78, 5) is 26.7. The standard InChI is InChI=1S/C39H54O5/c1-34(2)20-21-36(5)22-23-39(33(42)43)27(28(36)24-34)13-14-30-37(6)18-17-31(35(3,4)29(37)16-19-38(30,39)7)44-32(41)15-10-25-8-11-26(40)12-9-25/h8-13,15,28-31,40H,14,16-24H2,1-7H3,(H,42,43)/b15-10+/t28-,29-,30+,31-,36+,37-,38+,39+/m0/s1. The van der Waals surface area contributed by atoms with Crippen LogP contribution >= 0.6 is 0 Å². The van der Waals surface area contributed by atoms with Crippen LogP contribution < -0.4 is 0 Å². The second-order valence-corrected chi connectivity index (χ2v) is 17.5. The van der Waals surface area contributed by atoms with Crippen LogP contribution in [0.5, 0.6) is 5.75 Å². The minimum atomic E-state index is -0.798. The summed E-state index contributed by atoms with van der Waals surface area (Å²) in [5, 5.41) is 20.8. The smallest absolute Gasteiger partial charge is 0.331 e. The Labute approximate surface area is 264 Å². The van der Waals surface area contributed by atoms with E-state index in [4.69, 9.17) is 4.74 Å². The Kier molecular flexibility index (Phi) is 7.30. The molecule has 4 saturated carbocycles. The largest absolute Gasteiger partial charge is 0.508 e. The summed E-state index contributed by atoms with van der Waals surface area (Å²) < 4.78 is 6.16. The van der Waals surface area contributed by atoms with Gasteiger partial charge in [-0.25, -0.2) is 4.79 Å². The number of aliphatic carboxylic acids is 1. The summed E-state index contributed by atoms with van der Waals surface area (Å²) in [6, 6.07) is 6.74. The van der Waals surface area contributed by atoms with E-state index in [1.807, 2.05) is 0 Å². The average molecular weight is 603 g/mol. The van der Waals surface area contributed by atoms with E-state index in [2.05, 4.69) is 54.5 Å². The topological polar surface area (TPSA) is 83.8 Å². The van der Waals surface area contributed by atoms with E-state index in [1.165, 1.54) is 24.5 Å². The molecule has 0 spiro atoms. The van der Waals surface area contributed by atoms with E-state index in [9.17, 15) is 19.8 Å². The van der Waals surface area contributed by atoms with Crippen LogP contribution in [0.3, 0.4) is 0 Å². The molecule has 0 unspecified atom stereocenters. The van der Waals surface area contributed by atoms with Crippen LogP contribution in [0.2, 0.25) is 0 Å². The van der Waals surface area contributed by atoms with Crippen molar-refractivity contribution in [2.24, 2.45) is 50.2 Å². The highest BCUT2D eigenvalue weighted by atomic mass is 16.5. The first-order valence-electron chi connectivity index (χ1n) is 17.1. The molecule has 240 valence electrons. The molecule has 0 bridgehead atoms. The molecule has 0 saturated heterocycles. The van der Waals surface area contributed by atoms with Gasteiger partial charge in [0, 0.05) is 11.5 Å². The van der Waals surface area contributed by atoms with Gasteiger partial charge in [0.2, 0.25) is 0 Å². The summed E-state index contributed by atoms with van der Waals surface area (Å²) in [6.07, 6.45) is 15.3. The van der Waals surface area contributed by atoms with Gasteiger partial charge in [-0.05, 0) is 127 Å². The molecule has 8 atom stereocenters. The molecule has 6 rings (SSSR count). The number of aromatic hydroxyl groups is 1. The minimum Gasteiger partial charge on any atom is -0.508 e. The van der Waals surface area contributed by atoms with E-state index in [1.54, 1.807) is 30.3 Å². The van der Waals surface area contributed by atoms with Gasteiger partial charge in [0.25, 0.3) is 0 Å². The molecule has 0 aromatic heterocycles. The fraction of sp³-hybridized carbons (Fsp3) is 0.692. The van der Waals surface area contributed by atoms with Gasteiger partial charge in [-0.1, -0.05) is 72.2 Å². The fourth-order valence-electron chi connectivity index (χ4n) is 11.8. The van der Waals surface area contributed by atoms with Crippen LogP contribution in [0.15, 0.2) is 42.0 Å². The number of phenols is 1. The molecular formula is C39H54O5. The number of carboxylic acids is 1. The Morgan fingerprint density at radius 2 is 1.55 bits per heavy atom. The fourth-order valence-corrected chi connectivity index (χ4v) is 11.8. The Morgan fingerprint density at radius 1 is 0.864 bits per heavy atom. The van der Waals surface area contributed by atoms with Gasteiger partial charge >= 0.3 is 11.9 Å². The van der Waals surface area contributed by atoms with Crippen molar-refractivity contribution in [1.29, 1.82) is 0 Å². The Morgan fingerprint density at radius 3 is 2.23 bits per heavy atom. The predicted molar refractivity (Wildman–Crippen MR) is 174 cm³/mol. The molecule has 1 aromatic rings. The summed E-state index contributed by atoms with van der Waals surface area (Å²) in [7, 11) is 0. The maximum Gasteiger partial charge on any atom is 0.331 e. The van der Waals surface area contributed by atoms with Gasteiger partial charge in [0.15, 0.2) is 0 Å². The molecule has 4 fully saturated rings. The zero-order chi connectivity index (χ0) is 31.9. The number of ether oxygens (including phenoxy) is 1. The van der Waals surface area contributed by atoms with Crippen molar-refractivity contribution in [3.8, 4) is 5.75 Å². The summed E-state index contributed by atoms with van der Waals surface area (Å²) >= 11 is 0. The number of carbonyl (C=O) groups is 2. The van der Waals surface area contributed by atoms with Gasteiger partial charge in [0.1, 0.15) is 11.9 Å². The Hall–Kier alpha value is -2.56. The molecule has 0 aliphatic heterocycles. The van der Waals surface area contributed by atoms with Gasteiger partial charge in [-0.2, -0.15) is 0 Å². The van der Waals surface area contributed by atoms with Crippen LogP contribution in [-0.4, -0.2) is 28.3 Å². The summed E-state index contributed by atoms with van der Waals surface area (Å²) in [6.45, 7) is 16.5. The molecule has 0 heterocycles. The van der Waals surface area contributed by atoms with E-state index in [0.717, 1.165) is 56.9 Å². The number of esters is 1. The first kappa shape index (κ1) is 31.4. The van der Waals surface area contributed by atoms with Crippen molar-refractivity contribution >= 4 is 18.0 Å². The second kappa shape index (κ2) is 10.2. The van der Waals surface area contributed by atoms with E-state index in [-0.39, 0.29) is 50.8 Å². The number of benzene rings is 1. The molecule has 44 heavy (non-hydrogen) atoms. The number of fused-ring (bicyclic) bond motifs is 7. The van der Waals surface area contributed by atoms with E-state index in [0.29, 0.717) is 11.8 Å². The van der Waals surface area contributed by atoms with Gasteiger partial charge in [0.05, 0.1) is 5.41 Å². The van der Waals surface area contributed by atoms with Crippen molar-refractivity contribution in [3.63, 3.8) is 0 Å². The highest BCUT2D eigenvalue weighted by Crippen LogP contribution is 2.76.